The Labute approximate surface area is 120 Å². The van der Waals surface area contributed by atoms with Gasteiger partial charge in [-0.05, 0) is 44.1 Å². The van der Waals surface area contributed by atoms with Crippen molar-refractivity contribution in [1.29, 1.82) is 0 Å². The summed E-state index contributed by atoms with van der Waals surface area (Å²) in [5.74, 6) is 0. The van der Waals surface area contributed by atoms with Crippen LogP contribution >= 0.6 is 0 Å². The maximum Gasteiger partial charge on any atom is 0.315 e. The van der Waals surface area contributed by atoms with Crippen LogP contribution in [0.15, 0.2) is 30.3 Å². The number of aryl methyl sites for hydroxylation is 1. The quantitative estimate of drug-likeness (QED) is 0.722. The first-order valence-electron chi connectivity index (χ1n) is 7.50. The van der Waals surface area contributed by atoms with Crippen LogP contribution in [0.4, 0.5) is 4.79 Å². The molecule has 1 aromatic rings. The lowest BCUT2D eigenvalue weighted by atomic mass is 9.93. The van der Waals surface area contributed by atoms with E-state index in [1.54, 1.807) is 0 Å². The molecule has 1 aliphatic rings. The molecule has 0 aliphatic heterocycles. The molecule has 0 aromatic heterocycles. The van der Waals surface area contributed by atoms with E-state index >= 15 is 0 Å². The second kappa shape index (κ2) is 7.90. The van der Waals surface area contributed by atoms with Gasteiger partial charge < -0.3 is 15.7 Å². The summed E-state index contributed by atoms with van der Waals surface area (Å²) in [6.07, 6.45) is 5.08. The zero-order valence-electron chi connectivity index (χ0n) is 11.8. The lowest BCUT2D eigenvalue weighted by molar-refractivity contribution is 0.117. The highest BCUT2D eigenvalue weighted by atomic mass is 16.3. The third-order valence-electron chi connectivity index (χ3n) is 3.80. The summed E-state index contributed by atoms with van der Waals surface area (Å²) >= 11 is 0. The zero-order chi connectivity index (χ0) is 14.2. The Balaban J connectivity index is 1.56. The summed E-state index contributed by atoms with van der Waals surface area (Å²) in [5.41, 5.74) is 1.30. The molecule has 0 bridgehead atoms. The molecule has 0 saturated heterocycles. The molecule has 1 aromatic carbocycles. The van der Waals surface area contributed by atoms with Crippen molar-refractivity contribution in [3.8, 4) is 0 Å². The van der Waals surface area contributed by atoms with Gasteiger partial charge in [0.05, 0.1) is 6.10 Å². The van der Waals surface area contributed by atoms with Gasteiger partial charge in [0.25, 0.3) is 0 Å². The van der Waals surface area contributed by atoms with Gasteiger partial charge in [-0.15, -0.1) is 0 Å². The van der Waals surface area contributed by atoms with E-state index in [2.05, 4.69) is 22.8 Å². The molecule has 0 atom stereocenters. The average Bonchev–Trinajstić information content (AvgIpc) is 2.47. The number of aliphatic hydroxyl groups excluding tert-OH is 1. The summed E-state index contributed by atoms with van der Waals surface area (Å²) in [6, 6.07) is 10.4. The van der Waals surface area contributed by atoms with E-state index in [1.165, 1.54) is 5.56 Å². The van der Waals surface area contributed by atoms with Gasteiger partial charge in [-0.2, -0.15) is 0 Å². The molecule has 4 heteroatoms. The first kappa shape index (κ1) is 14.9. The Morgan fingerprint density at radius 3 is 2.55 bits per heavy atom. The highest BCUT2D eigenvalue weighted by molar-refractivity contribution is 5.74. The summed E-state index contributed by atoms with van der Waals surface area (Å²) in [7, 11) is 0. The molecule has 0 unspecified atom stereocenters. The number of aliphatic hydroxyl groups is 1. The Bertz CT molecular complexity index is 400. The van der Waals surface area contributed by atoms with Crippen LogP contribution in [0.3, 0.4) is 0 Å². The third-order valence-corrected chi connectivity index (χ3v) is 3.80. The monoisotopic (exact) mass is 276 g/mol. The minimum Gasteiger partial charge on any atom is -0.393 e. The molecule has 0 radical (unpaired) electrons. The fraction of sp³-hybridized carbons (Fsp3) is 0.562. The average molecular weight is 276 g/mol. The number of hydrogen-bond acceptors (Lipinski definition) is 2. The van der Waals surface area contributed by atoms with Crippen molar-refractivity contribution in [2.45, 2.75) is 50.7 Å². The topological polar surface area (TPSA) is 61.4 Å². The van der Waals surface area contributed by atoms with Gasteiger partial charge in [0, 0.05) is 12.6 Å². The van der Waals surface area contributed by atoms with Crippen LogP contribution < -0.4 is 10.6 Å². The Morgan fingerprint density at radius 1 is 1.15 bits per heavy atom. The van der Waals surface area contributed by atoms with Crippen LogP contribution in [0.1, 0.15) is 37.7 Å². The van der Waals surface area contributed by atoms with E-state index in [0.29, 0.717) is 6.54 Å². The highest BCUT2D eigenvalue weighted by Gasteiger charge is 2.20. The maximum atomic E-state index is 11.7. The summed E-state index contributed by atoms with van der Waals surface area (Å²) in [5, 5.41) is 15.3. The van der Waals surface area contributed by atoms with E-state index in [4.69, 9.17) is 0 Å². The smallest absolute Gasteiger partial charge is 0.315 e. The minimum atomic E-state index is -0.179. The first-order valence-corrected chi connectivity index (χ1v) is 7.50. The molecule has 3 N–H and O–H groups in total. The Kier molecular flexibility index (Phi) is 5.87. The predicted molar refractivity (Wildman–Crippen MR) is 79.6 cm³/mol. The van der Waals surface area contributed by atoms with E-state index < -0.39 is 0 Å². The van der Waals surface area contributed by atoms with Gasteiger partial charge in [-0.3, -0.25) is 0 Å². The molecule has 1 saturated carbocycles. The van der Waals surface area contributed by atoms with Crippen LogP contribution in [0.5, 0.6) is 0 Å². The van der Waals surface area contributed by atoms with Crippen molar-refractivity contribution in [3.05, 3.63) is 35.9 Å². The molecule has 1 aliphatic carbocycles. The minimum absolute atomic E-state index is 0.0838. The molecular weight excluding hydrogens is 252 g/mol. The number of rotatable bonds is 5. The van der Waals surface area contributed by atoms with E-state index in [9.17, 15) is 9.90 Å². The molecule has 2 rings (SSSR count). The fourth-order valence-electron chi connectivity index (χ4n) is 2.60. The van der Waals surface area contributed by atoms with E-state index in [-0.39, 0.29) is 18.2 Å². The Morgan fingerprint density at radius 2 is 1.85 bits per heavy atom. The maximum absolute atomic E-state index is 11.7. The zero-order valence-corrected chi connectivity index (χ0v) is 11.8. The van der Waals surface area contributed by atoms with Gasteiger partial charge in [0.1, 0.15) is 0 Å². The summed E-state index contributed by atoms with van der Waals surface area (Å²) in [6.45, 7) is 0.691. The molecule has 110 valence electrons. The molecule has 1 fully saturated rings. The highest BCUT2D eigenvalue weighted by Crippen LogP contribution is 2.17. The van der Waals surface area contributed by atoms with Crippen LogP contribution in [0.2, 0.25) is 0 Å². The SMILES string of the molecule is O=C(NCCCc1ccccc1)NC1CCC(O)CC1. The lowest BCUT2D eigenvalue weighted by Crippen LogP contribution is -2.44. The molecule has 0 spiro atoms. The molecular formula is C16H24N2O2. The number of benzene rings is 1. The molecule has 20 heavy (non-hydrogen) atoms. The molecule has 0 heterocycles. The van der Waals surface area contributed by atoms with Crippen molar-refractivity contribution in [2.24, 2.45) is 0 Å². The van der Waals surface area contributed by atoms with Crippen molar-refractivity contribution >= 4 is 6.03 Å². The standard InChI is InChI=1S/C16H24N2O2/c19-15-10-8-14(9-11-15)18-16(20)17-12-4-7-13-5-2-1-3-6-13/h1-3,5-6,14-15,19H,4,7-12H2,(H2,17,18,20). The second-order valence-corrected chi connectivity index (χ2v) is 5.49. The van der Waals surface area contributed by atoms with Crippen LogP contribution in [-0.2, 0) is 6.42 Å². The number of hydrogen-bond donors (Lipinski definition) is 3. The Hall–Kier alpha value is -1.55. The van der Waals surface area contributed by atoms with E-state index in [0.717, 1.165) is 38.5 Å². The van der Waals surface area contributed by atoms with Crippen LogP contribution in [0.25, 0.3) is 0 Å². The number of carbonyl (C=O) groups is 1. The van der Waals surface area contributed by atoms with Crippen molar-refractivity contribution in [3.63, 3.8) is 0 Å². The summed E-state index contributed by atoms with van der Waals surface area (Å²) in [4.78, 5) is 11.7. The van der Waals surface area contributed by atoms with Crippen LogP contribution in [-0.4, -0.2) is 29.8 Å². The second-order valence-electron chi connectivity index (χ2n) is 5.49. The first-order chi connectivity index (χ1) is 9.74. The van der Waals surface area contributed by atoms with Gasteiger partial charge >= 0.3 is 6.03 Å². The van der Waals surface area contributed by atoms with Crippen molar-refractivity contribution in [1.82, 2.24) is 10.6 Å². The van der Waals surface area contributed by atoms with Crippen molar-refractivity contribution in [2.75, 3.05) is 6.54 Å². The molecule has 4 nitrogen and oxygen atoms in total. The van der Waals surface area contributed by atoms with Gasteiger partial charge in [-0.25, -0.2) is 4.79 Å². The van der Waals surface area contributed by atoms with Gasteiger partial charge in [0.15, 0.2) is 0 Å². The summed E-state index contributed by atoms with van der Waals surface area (Å²) < 4.78 is 0. The third kappa shape index (κ3) is 5.21. The lowest BCUT2D eigenvalue weighted by Gasteiger charge is -2.26. The number of nitrogens with one attached hydrogen (secondary N) is 2. The van der Waals surface area contributed by atoms with E-state index in [1.807, 2.05) is 18.2 Å². The number of urea groups is 1. The normalized spacial score (nSPS) is 22.2. The molecule has 2 amide bonds. The predicted octanol–water partition coefficient (Wildman–Crippen LogP) is 2.22. The fourth-order valence-corrected chi connectivity index (χ4v) is 2.60. The number of amides is 2. The van der Waals surface area contributed by atoms with Crippen molar-refractivity contribution < 1.29 is 9.90 Å². The number of carbonyl (C=O) groups excluding carboxylic acids is 1. The van der Waals surface area contributed by atoms with Gasteiger partial charge in [-0.1, -0.05) is 30.3 Å². The van der Waals surface area contributed by atoms with Gasteiger partial charge in [0.2, 0.25) is 0 Å². The largest absolute Gasteiger partial charge is 0.393 e. The van der Waals surface area contributed by atoms with Crippen LogP contribution in [0, 0.1) is 0 Å².